The Morgan fingerprint density at radius 2 is 2.00 bits per heavy atom. The van der Waals surface area contributed by atoms with Crippen LogP contribution in [-0.4, -0.2) is 74.7 Å². The Balaban J connectivity index is 2.09. The highest BCUT2D eigenvalue weighted by Gasteiger charge is 2.18. The third-order valence-corrected chi connectivity index (χ3v) is 3.48. The van der Waals surface area contributed by atoms with Crippen molar-refractivity contribution in [1.29, 1.82) is 0 Å². The van der Waals surface area contributed by atoms with Crippen LogP contribution in [-0.2, 0) is 9.53 Å². The van der Waals surface area contributed by atoms with Crippen LogP contribution in [0.1, 0.15) is 20.3 Å². The largest absolute Gasteiger partial charge is 0.372 e. The van der Waals surface area contributed by atoms with Crippen LogP contribution in [0.15, 0.2) is 0 Å². The number of carbonyl (C=O) groups excluding carboxylic acids is 1. The van der Waals surface area contributed by atoms with Crippen LogP contribution in [0.5, 0.6) is 0 Å². The van der Waals surface area contributed by atoms with E-state index in [1.165, 1.54) is 0 Å². The summed E-state index contributed by atoms with van der Waals surface area (Å²) in [5, 5.41) is 2.90. The van der Waals surface area contributed by atoms with Crippen LogP contribution >= 0.6 is 0 Å². The standard InChI is InChI=1S/C13H27N3O2/c1-4-18-11-13(17)14-6-5-12(2)16-9-7-15(3)8-10-16/h12H,4-11H2,1-3H3,(H,14,17)/t12-/m1/s1. The quantitative estimate of drug-likeness (QED) is 0.706. The van der Waals surface area contributed by atoms with Crippen LogP contribution in [0.3, 0.4) is 0 Å². The number of nitrogens with zero attached hydrogens (tertiary/aromatic N) is 2. The summed E-state index contributed by atoms with van der Waals surface area (Å²) in [7, 11) is 2.16. The van der Waals surface area contributed by atoms with E-state index in [-0.39, 0.29) is 12.5 Å². The summed E-state index contributed by atoms with van der Waals surface area (Å²) in [4.78, 5) is 16.2. The molecule has 1 amide bonds. The zero-order valence-electron chi connectivity index (χ0n) is 11.9. The first kappa shape index (κ1) is 15.4. The molecule has 1 heterocycles. The Morgan fingerprint density at radius 1 is 1.33 bits per heavy atom. The highest BCUT2D eigenvalue weighted by Crippen LogP contribution is 2.07. The van der Waals surface area contributed by atoms with Gasteiger partial charge in [-0.15, -0.1) is 0 Å². The number of ether oxygens (including phenoxy) is 1. The summed E-state index contributed by atoms with van der Waals surface area (Å²) in [5.74, 6) is -0.0116. The summed E-state index contributed by atoms with van der Waals surface area (Å²) in [5.41, 5.74) is 0. The van der Waals surface area contributed by atoms with Crippen molar-refractivity contribution in [1.82, 2.24) is 15.1 Å². The molecule has 0 aromatic carbocycles. The predicted molar refractivity (Wildman–Crippen MR) is 72.7 cm³/mol. The van der Waals surface area contributed by atoms with Gasteiger partial charge >= 0.3 is 0 Å². The number of carbonyl (C=O) groups is 1. The van der Waals surface area contributed by atoms with Gasteiger partial charge in [-0.1, -0.05) is 0 Å². The minimum Gasteiger partial charge on any atom is -0.372 e. The zero-order valence-corrected chi connectivity index (χ0v) is 11.9. The van der Waals surface area contributed by atoms with Gasteiger partial charge in [0.1, 0.15) is 6.61 Å². The van der Waals surface area contributed by atoms with Crippen molar-refractivity contribution in [2.24, 2.45) is 0 Å². The number of nitrogens with one attached hydrogen (secondary N) is 1. The second kappa shape index (κ2) is 8.45. The maximum Gasteiger partial charge on any atom is 0.245 e. The average molecular weight is 257 g/mol. The first-order valence-corrected chi connectivity index (χ1v) is 6.90. The van der Waals surface area contributed by atoms with Gasteiger partial charge in [-0.25, -0.2) is 0 Å². The van der Waals surface area contributed by atoms with E-state index < -0.39 is 0 Å². The zero-order chi connectivity index (χ0) is 13.4. The maximum absolute atomic E-state index is 11.3. The molecule has 0 bridgehead atoms. The molecule has 1 saturated heterocycles. The molecule has 18 heavy (non-hydrogen) atoms. The molecular formula is C13H27N3O2. The van der Waals surface area contributed by atoms with E-state index in [0.29, 0.717) is 12.6 Å². The Bertz CT molecular complexity index is 240. The monoisotopic (exact) mass is 257 g/mol. The number of rotatable bonds is 7. The van der Waals surface area contributed by atoms with Gasteiger partial charge in [-0.3, -0.25) is 9.69 Å². The lowest BCUT2D eigenvalue weighted by atomic mass is 10.1. The van der Waals surface area contributed by atoms with Crippen LogP contribution in [0.4, 0.5) is 0 Å². The molecule has 5 heteroatoms. The van der Waals surface area contributed by atoms with E-state index in [9.17, 15) is 4.79 Å². The maximum atomic E-state index is 11.3. The Labute approximate surface area is 110 Å². The molecule has 1 aliphatic heterocycles. The van der Waals surface area contributed by atoms with Gasteiger partial charge in [0.2, 0.25) is 5.91 Å². The number of likely N-dealkylation sites (N-methyl/N-ethyl adjacent to an activating group) is 1. The van der Waals surface area contributed by atoms with Crippen molar-refractivity contribution in [2.45, 2.75) is 26.3 Å². The van der Waals surface area contributed by atoms with Crippen LogP contribution in [0.2, 0.25) is 0 Å². The van der Waals surface area contributed by atoms with E-state index in [2.05, 4.69) is 29.1 Å². The van der Waals surface area contributed by atoms with Gasteiger partial charge < -0.3 is 15.0 Å². The van der Waals surface area contributed by atoms with Crippen LogP contribution in [0.25, 0.3) is 0 Å². The highest BCUT2D eigenvalue weighted by molar-refractivity contribution is 5.77. The molecule has 106 valence electrons. The molecule has 1 rings (SSSR count). The summed E-state index contributed by atoms with van der Waals surface area (Å²) in [6.07, 6.45) is 1.00. The topological polar surface area (TPSA) is 44.8 Å². The number of hydrogen-bond donors (Lipinski definition) is 1. The van der Waals surface area contributed by atoms with Crippen molar-refractivity contribution in [3.05, 3.63) is 0 Å². The molecule has 5 nitrogen and oxygen atoms in total. The fourth-order valence-electron chi connectivity index (χ4n) is 2.11. The minimum absolute atomic E-state index is 0.0116. The van der Waals surface area contributed by atoms with Crippen LogP contribution in [0, 0.1) is 0 Å². The lowest BCUT2D eigenvalue weighted by molar-refractivity contribution is -0.125. The predicted octanol–water partition coefficient (Wildman–Crippen LogP) is 0.165. The van der Waals surface area contributed by atoms with Gasteiger partial charge in [-0.2, -0.15) is 0 Å². The Kier molecular flexibility index (Phi) is 7.23. The third-order valence-electron chi connectivity index (χ3n) is 3.48. The summed E-state index contributed by atoms with van der Waals surface area (Å²) < 4.78 is 5.05. The first-order valence-electron chi connectivity index (χ1n) is 6.90. The fraction of sp³-hybridized carbons (Fsp3) is 0.923. The molecule has 0 aliphatic carbocycles. The van der Waals surface area contributed by atoms with Crippen molar-refractivity contribution >= 4 is 5.91 Å². The number of piperazine rings is 1. The molecule has 0 unspecified atom stereocenters. The number of amides is 1. The SMILES string of the molecule is CCOCC(=O)NCC[C@@H](C)N1CCN(C)CC1. The lowest BCUT2D eigenvalue weighted by Gasteiger charge is -2.36. The van der Waals surface area contributed by atoms with Crippen molar-refractivity contribution < 1.29 is 9.53 Å². The molecule has 0 saturated carbocycles. The fourth-order valence-corrected chi connectivity index (χ4v) is 2.11. The van der Waals surface area contributed by atoms with Crippen molar-refractivity contribution in [3.63, 3.8) is 0 Å². The Hall–Kier alpha value is -0.650. The normalized spacial score (nSPS) is 19.7. The Morgan fingerprint density at radius 3 is 2.61 bits per heavy atom. The number of hydrogen-bond acceptors (Lipinski definition) is 4. The first-order chi connectivity index (χ1) is 8.63. The van der Waals surface area contributed by atoms with E-state index >= 15 is 0 Å². The molecule has 1 N–H and O–H groups in total. The van der Waals surface area contributed by atoms with Crippen molar-refractivity contribution in [3.8, 4) is 0 Å². The van der Waals surface area contributed by atoms with Gasteiger partial charge in [0.05, 0.1) is 0 Å². The van der Waals surface area contributed by atoms with Crippen molar-refractivity contribution in [2.75, 3.05) is 53.0 Å². The van der Waals surface area contributed by atoms with Gasteiger partial charge in [-0.05, 0) is 27.3 Å². The average Bonchev–Trinajstić information content (AvgIpc) is 2.37. The second-order valence-corrected chi connectivity index (χ2v) is 4.96. The van der Waals surface area contributed by atoms with E-state index in [0.717, 1.165) is 39.1 Å². The second-order valence-electron chi connectivity index (χ2n) is 4.96. The van der Waals surface area contributed by atoms with E-state index in [4.69, 9.17) is 4.74 Å². The van der Waals surface area contributed by atoms with E-state index in [1.54, 1.807) is 0 Å². The molecule has 1 atom stereocenters. The molecule has 0 spiro atoms. The van der Waals surface area contributed by atoms with Gasteiger partial charge in [0, 0.05) is 45.4 Å². The van der Waals surface area contributed by atoms with Crippen LogP contribution < -0.4 is 5.32 Å². The lowest BCUT2D eigenvalue weighted by Crippen LogP contribution is -2.48. The van der Waals surface area contributed by atoms with E-state index in [1.807, 2.05) is 6.92 Å². The smallest absolute Gasteiger partial charge is 0.245 e. The summed E-state index contributed by atoms with van der Waals surface area (Å²) in [6.45, 7) is 10.2. The van der Waals surface area contributed by atoms with Gasteiger partial charge in [0.15, 0.2) is 0 Å². The molecule has 0 radical (unpaired) electrons. The minimum atomic E-state index is -0.0116. The molecule has 1 aliphatic rings. The highest BCUT2D eigenvalue weighted by atomic mass is 16.5. The summed E-state index contributed by atoms with van der Waals surface area (Å²) in [6, 6.07) is 0.533. The summed E-state index contributed by atoms with van der Waals surface area (Å²) >= 11 is 0. The molecule has 1 fully saturated rings. The third kappa shape index (κ3) is 5.80. The van der Waals surface area contributed by atoms with Gasteiger partial charge in [0.25, 0.3) is 0 Å². The molecule has 0 aromatic heterocycles. The molecular weight excluding hydrogens is 230 g/mol. The molecule has 0 aromatic rings.